The maximum absolute atomic E-state index is 12.3. The van der Waals surface area contributed by atoms with Crippen LogP contribution in [0.5, 0.6) is 0 Å². The molecule has 0 bridgehead atoms. The molecule has 160 valence electrons. The molecular formula is C23H27NO6. The van der Waals surface area contributed by atoms with Crippen LogP contribution in [0.1, 0.15) is 32.3 Å². The predicted octanol–water partition coefficient (Wildman–Crippen LogP) is 2.10. The summed E-state index contributed by atoms with van der Waals surface area (Å²) < 4.78 is 24.6. The molecule has 0 unspecified atom stereocenters. The Morgan fingerprint density at radius 3 is 2.73 bits per heavy atom. The van der Waals surface area contributed by atoms with Crippen LogP contribution in [0.25, 0.3) is 0 Å². The number of imide groups is 1. The summed E-state index contributed by atoms with van der Waals surface area (Å²) in [7, 11) is 0. The lowest BCUT2D eigenvalue weighted by atomic mass is 9.79. The summed E-state index contributed by atoms with van der Waals surface area (Å²) in [5.41, 5.74) is 2.19. The first kappa shape index (κ1) is 19.9. The summed E-state index contributed by atoms with van der Waals surface area (Å²) in [4.78, 5) is 24.4. The lowest BCUT2D eigenvalue weighted by Gasteiger charge is -2.27. The molecule has 1 N–H and O–H groups in total. The highest BCUT2D eigenvalue weighted by Crippen LogP contribution is 2.45. The lowest BCUT2D eigenvalue weighted by Crippen LogP contribution is -2.40. The smallest absolute Gasteiger partial charge is 0.233 e. The minimum absolute atomic E-state index is 0.193. The highest BCUT2D eigenvalue weighted by molar-refractivity contribution is 6.05. The van der Waals surface area contributed by atoms with Crippen molar-refractivity contribution >= 4 is 11.8 Å². The Morgan fingerprint density at radius 1 is 1.13 bits per heavy atom. The van der Waals surface area contributed by atoms with Gasteiger partial charge < -0.3 is 18.9 Å². The minimum Gasteiger partial charge on any atom is -0.374 e. The van der Waals surface area contributed by atoms with E-state index in [-0.39, 0.29) is 42.1 Å². The Kier molecular flexibility index (Phi) is 5.01. The van der Waals surface area contributed by atoms with Gasteiger partial charge in [-0.05, 0) is 37.8 Å². The Bertz CT molecular complexity index is 866. The average Bonchev–Trinajstić information content (AvgIpc) is 3.35. The van der Waals surface area contributed by atoms with Crippen LogP contribution < -0.4 is 5.32 Å². The SMILES string of the molecule is CC1(C)O[C@@H]([C@@H]2CC3=CC[C@H]4C(=O)NC(=O)[C@H]4[C@H]3O2)[C@H](COCc2ccccc2)O1. The second-order valence-corrected chi connectivity index (χ2v) is 8.94. The molecule has 3 aliphatic heterocycles. The zero-order valence-electron chi connectivity index (χ0n) is 17.2. The van der Waals surface area contributed by atoms with E-state index >= 15 is 0 Å². The van der Waals surface area contributed by atoms with Crippen molar-refractivity contribution in [1.29, 1.82) is 0 Å². The molecule has 0 spiro atoms. The molecule has 0 saturated carbocycles. The molecule has 1 aromatic carbocycles. The highest BCUT2D eigenvalue weighted by atomic mass is 16.8. The van der Waals surface area contributed by atoms with E-state index < -0.39 is 11.7 Å². The predicted molar refractivity (Wildman–Crippen MR) is 106 cm³/mol. The van der Waals surface area contributed by atoms with Crippen molar-refractivity contribution in [1.82, 2.24) is 5.32 Å². The monoisotopic (exact) mass is 413 g/mol. The molecule has 3 saturated heterocycles. The van der Waals surface area contributed by atoms with E-state index in [1.54, 1.807) is 0 Å². The number of carbonyl (C=O) groups is 2. The van der Waals surface area contributed by atoms with E-state index in [4.69, 9.17) is 18.9 Å². The number of allylic oxidation sites excluding steroid dienone is 1. The van der Waals surface area contributed by atoms with Crippen molar-refractivity contribution in [2.45, 2.75) is 63.5 Å². The molecule has 2 amide bonds. The summed E-state index contributed by atoms with van der Waals surface area (Å²) in [6.45, 7) is 4.66. The van der Waals surface area contributed by atoms with Crippen LogP contribution in [0, 0.1) is 11.8 Å². The maximum atomic E-state index is 12.3. The number of nitrogens with one attached hydrogen (secondary N) is 1. The molecule has 0 radical (unpaired) electrons. The number of benzene rings is 1. The van der Waals surface area contributed by atoms with Gasteiger partial charge in [0.15, 0.2) is 5.79 Å². The Labute approximate surface area is 175 Å². The van der Waals surface area contributed by atoms with Crippen LogP contribution in [0.2, 0.25) is 0 Å². The number of ether oxygens (including phenoxy) is 4. The molecule has 30 heavy (non-hydrogen) atoms. The van der Waals surface area contributed by atoms with Crippen LogP contribution in [-0.2, 0) is 35.1 Å². The van der Waals surface area contributed by atoms with Crippen molar-refractivity contribution in [3.63, 3.8) is 0 Å². The van der Waals surface area contributed by atoms with Gasteiger partial charge in [0.2, 0.25) is 11.8 Å². The number of carbonyl (C=O) groups excluding carboxylic acids is 2. The van der Waals surface area contributed by atoms with E-state index in [2.05, 4.69) is 11.4 Å². The number of rotatable bonds is 5. The summed E-state index contributed by atoms with van der Waals surface area (Å²) in [5, 5.41) is 2.45. The molecule has 7 heteroatoms. The van der Waals surface area contributed by atoms with Crippen molar-refractivity contribution in [3.05, 3.63) is 47.5 Å². The van der Waals surface area contributed by atoms with Gasteiger partial charge in [0.25, 0.3) is 0 Å². The number of hydrogen-bond donors (Lipinski definition) is 1. The Morgan fingerprint density at radius 2 is 1.93 bits per heavy atom. The molecule has 1 aromatic rings. The van der Waals surface area contributed by atoms with E-state index in [0.29, 0.717) is 26.1 Å². The fourth-order valence-corrected chi connectivity index (χ4v) is 5.08. The molecular weight excluding hydrogens is 386 g/mol. The topological polar surface area (TPSA) is 83.1 Å². The number of amides is 2. The third-order valence-electron chi connectivity index (χ3n) is 6.38. The normalized spacial score (nSPS) is 36.9. The lowest BCUT2D eigenvalue weighted by molar-refractivity contribution is -0.162. The van der Waals surface area contributed by atoms with E-state index in [1.165, 1.54) is 0 Å². The van der Waals surface area contributed by atoms with Crippen LogP contribution in [0.15, 0.2) is 42.0 Å². The standard InChI is InChI=1S/C23H27NO6/c1-23(2)29-17(12-27-11-13-6-4-3-5-7-13)20(30-23)16-10-14-8-9-15-18(19(14)28-16)22(26)24-21(15)25/h3-8,15-20H,9-12H2,1-2H3,(H,24,25,26)/t15-,16+,17+,18-,19+,20+/m1/s1. The van der Waals surface area contributed by atoms with Crippen molar-refractivity contribution in [3.8, 4) is 0 Å². The van der Waals surface area contributed by atoms with E-state index in [9.17, 15) is 9.59 Å². The quantitative estimate of drug-likeness (QED) is 0.588. The molecule has 7 nitrogen and oxygen atoms in total. The summed E-state index contributed by atoms with van der Waals surface area (Å²) in [5.74, 6) is -1.92. The zero-order chi connectivity index (χ0) is 20.9. The second-order valence-electron chi connectivity index (χ2n) is 8.94. The third kappa shape index (κ3) is 3.60. The molecule has 3 heterocycles. The third-order valence-corrected chi connectivity index (χ3v) is 6.38. The summed E-state index contributed by atoms with van der Waals surface area (Å²) >= 11 is 0. The van der Waals surface area contributed by atoms with Crippen molar-refractivity contribution in [2.75, 3.05) is 6.61 Å². The Balaban J connectivity index is 1.27. The first-order valence-electron chi connectivity index (χ1n) is 10.6. The Hall–Kier alpha value is -2.06. The van der Waals surface area contributed by atoms with Crippen molar-refractivity contribution in [2.24, 2.45) is 11.8 Å². The summed E-state index contributed by atoms with van der Waals surface area (Å²) in [6, 6.07) is 9.99. The van der Waals surface area contributed by atoms with Crippen LogP contribution in [0.3, 0.4) is 0 Å². The molecule has 0 aromatic heterocycles. The van der Waals surface area contributed by atoms with E-state index in [1.807, 2.05) is 44.2 Å². The molecule has 6 atom stereocenters. The number of hydrogen-bond acceptors (Lipinski definition) is 6. The van der Waals surface area contributed by atoms with Crippen molar-refractivity contribution < 1.29 is 28.5 Å². The van der Waals surface area contributed by atoms with Gasteiger partial charge in [-0.1, -0.05) is 36.4 Å². The largest absolute Gasteiger partial charge is 0.374 e. The highest BCUT2D eigenvalue weighted by Gasteiger charge is 2.55. The molecule has 4 aliphatic rings. The number of fused-ring (bicyclic) bond motifs is 3. The van der Waals surface area contributed by atoms with Gasteiger partial charge in [-0.3, -0.25) is 14.9 Å². The van der Waals surface area contributed by atoms with Gasteiger partial charge in [0.1, 0.15) is 12.2 Å². The van der Waals surface area contributed by atoms with Gasteiger partial charge in [-0.15, -0.1) is 0 Å². The van der Waals surface area contributed by atoms with E-state index in [0.717, 1.165) is 11.1 Å². The van der Waals surface area contributed by atoms with Gasteiger partial charge in [0, 0.05) is 0 Å². The molecule has 5 rings (SSSR count). The van der Waals surface area contributed by atoms with Gasteiger partial charge in [0.05, 0.1) is 37.3 Å². The first-order chi connectivity index (χ1) is 14.4. The van der Waals surface area contributed by atoms with Crippen LogP contribution >= 0.6 is 0 Å². The fourth-order valence-electron chi connectivity index (χ4n) is 5.08. The second kappa shape index (κ2) is 7.57. The zero-order valence-corrected chi connectivity index (χ0v) is 17.2. The first-order valence-corrected chi connectivity index (χ1v) is 10.6. The minimum atomic E-state index is -0.736. The summed E-state index contributed by atoms with van der Waals surface area (Å²) in [6.07, 6.45) is 2.14. The van der Waals surface area contributed by atoms with Crippen LogP contribution in [-0.4, -0.2) is 48.6 Å². The van der Waals surface area contributed by atoms with Crippen LogP contribution in [0.4, 0.5) is 0 Å². The molecule has 1 aliphatic carbocycles. The average molecular weight is 413 g/mol. The van der Waals surface area contributed by atoms with Gasteiger partial charge >= 0.3 is 0 Å². The fraction of sp³-hybridized carbons (Fsp3) is 0.565. The van der Waals surface area contributed by atoms with Gasteiger partial charge in [-0.25, -0.2) is 0 Å². The molecule has 3 fully saturated rings. The van der Waals surface area contributed by atoms with Gasteiger partial charge in [-0.2, -0.15) is 0 Å². The maximum Gasteiger partial charge on any atom is 0.233 e.